The van der Waals surface area contributed by atoms with Crippen molar-refractivity contribution in [3.63, 3.8) is 0 Å². The maximum Gasteiger partial charge on any atom is 0.414 e. The molecule has 2 aliphatic rings. The maximum absolute atomic E-state index is 14.1. The van der Waals surface area contributed by atoms with Gasteiger partial charge >= 0.3 is 12.1 Å². The lowest BCUT2D eigenvalue weighted by molar-refractivity contribution is -0.149. The summed E-state index contributed by atoms with van der Waals surface area (Å²) in [5, 5.41) is 10.9. The monoisotopic (exact) mass is 589 g/mol. The van der Waals surface area contributed by atoms with Gasteiger partial charge in [0.05, 0.1) is 13.2 Å². The van der Waals surface area contributed by atoms with Gasteiger partial charge in [0, 0.05) is 28.8 Å². The molecule has 2 unspecified atom stereocenters. The Bertz CT molecular complexity index is 1170. The number of ether oxygens (including phenoxy) is 2. The first-order valence-corrected chi connectivity index (χ1v) is 13.7. The maximum atomic E-state index is 14.1. The first-order chi connectivity index (χ1) is 16.4. The lowest BCUT2D eigenvalue weighted by Gasteiger charge is -2.46. The van der Waals surface area contributed by atoms with Crippen LogP contribution in [0, 0.1) is 0 Å². The predicted molar refractivity (Wildman–Crippen MR) is 135 cm³/mol. The SMILES string of the molecule is CC(C)(C)OC(=O)NC(=O)C1(C(=O)O)C(S(=O)(=O)N2CCOCC2)c2cc(Br)ccc2N1C(C)(C)C. The van der Waals surface area contributed by atoms with Gasteiger partial charge in [0.1, 0.15) is 10.9 Å². The third kappa shape index (κ3) is 4.98. The number of nitrogens with one attached hydrogen (secondary N) is 1. The summed E-state index contributed by atoms with van der Waals surface area (Å²) in [6, 6.07) is 4.71. The normalized spacial score (nSPS) is 23.2. The van der Waals surface area contributed by atoms with Gasteiger partial charge in [-0.3, -0.25) is 10.1 Å². The third-order valence-corrected chi connectivity index (χ3v) is 8.60. The Balaban J connectivity index is 2.32. The molecule has 0 spiro atoms. The Hall–Kier alpha value is -2.22. The molecule has 3 rings (SSSR count). The van der Waals surface area contributed by atoms with Gasteiger partial charge in [-0.1, -0.05) is 15.9 Å². The summed E-state index contributed by atoms with van der Waals surface area (Å²) in [5.74, 6) is -3.03. The number of carbonyl (C=O) groups is 3. The number of aliphatic carboxylic acids is 1. The molecule has 1 aromatic carbocycles. The van der Waals surface area contributed by atoms with Crippen molar-refractivity contribution in [3.8, 4) is 0 Å². The molecule has 0 aromatic heterocycles. The number of hydrogen-bond donors (Lipinski definition) is 2. The highest BCUT2D eigenvalue weighted by Gasteiger charge is 2.70. The summed E-state index contributed by atoms with van der Waals surface area (Å²) < 4.78 is 40.4. The largest absolute Gasteiger partial charge is 0.479 e. The highest BCUT2D eigenvalue weighted by atomic mass is 79.9. The fourth-order valence-corrected chi connectivity index (χ4v) is 7.29. The molecule has 1 saturated heterocycles. The minimum atomic E-state index is -4.46. The van der Waals surface area contributed by atoms with Crippen molar-refractivity contribution in [1.82, 2.24) is 9.62 Å². The average molecular weight is 590 g/mol. The van der Waals surface area contributed by atoms with Crippen molar-refractivity contribution >= 4 is 49.6 Å². The van der Waals surface area contributed by atoms with E-state index in [1.165, 1.54) is 11.0 Å². The van der Waals surface area contributed by atoms with Crippen LogP contribution in [0.4, 0.5) is 10.5 Å². The molecule has 1 aromatic rings. The number of fused-ring (bicyclic) bond motifs is 1. The first-order valence-electron chi connectivity index (χ1n) is 11.4. The number of hydrogen-bond acceptors (Lipinski definition) is 8. The topological polar surface area (TPSA) is 143 Å². The fourth-order valence-electron chi connectivity index (χ4n) is 4.70. The van der Waals surface area contributed by atoms with E-state index in [4.69, 9.17) is 9.47 Å². The second-order valence-electron chi connectivity index (χ2n) is 10.7. The number of rotatable bonds is 4. The number of imide groups is 1. The highest BCUT2D eigenvalue weighted by Crippen LogP contribution is 2.55. The molecule has 2 N–H and O–H groups in total. The van der Waals surface area contributed by atoms with Gasteiger partial charge in [-0.2, -0.15) is 4.31 Å². The number of amides is 2. The van der Waals surface area contributed by atoms with Gasteiger partial charge in [-0.15, -0.1) is 0 Å². The molecule has 11 nitrogen and oxygen atoms in total. The van der Waals surface area contributed by atoms with E-state index in [2.05, 4.69) is 15.9 Å². The lowest BCUT2D eigenvalue weighted by Crippen LogP contribution is -2.71. The molecule has 0 radical (unpaired) electrons. The number of morpholine rings is 1. The predicted octanol–water partition coefficient (Wildman–Crippen LogP) is 2.65. The van der Waals surface area contributed by atoms with E-state index in [0.717, 1.165) is 4.31 Å². The summed E-state index contributed by atoms with van der Waals surface area (Å²) in [4.78, 5) is 41.0. The van der Waals surface area contributed by atoms with Crippen LogP contribution in [0.2, 0.25) is 0 Å². The average Bonchev–Trinajstić information content (AvgIpc) is 3.05. The number of carboxylic acids is 1. The Kier molecular flexibility index (Phi) is 7.55. The van der Waals surface area contributed by atoms with Gasteiger partial charge in [0.25, 0.3) is 5.91 Å². The van der Waals surface area contributed by atoms with Crippen LogP contribution in [0.5, 0.6) is 0 Å². The Labute approximate surface area is 219 Å². The first kappa shape index (κ1) is 28.4. The molecule has 2 heterocycles. The number of halogens is 1. The van der Waals surface area contributed by atoms with Crippen LogP contribution >= 0.6 is 15.9 Å². The quantitative estimate of drug-likeness (QED) is 0.506. The van der Waals surface area contributed by atoms with Crippen LogP contribution in [-0.2, 0) is 29.1 Å². The van der Waals surface area contributed by atoms with Crippen LogP contribution in [0.3, 0.4) is 0 Å². The smallest absolute Gasteiger partial charge is 0.414 e. The molecule has 0 saturated carbocycles. The lowest BCUT2D eigenvalue weighted by atomic mass is 9.88. The molecular weight excluding hydrogens is 558 g/mol. The standard InChI is InChI=1S/C23H32BrN3O8S/c1-21(2,3)27-16-8-7-14(24)13-15(16)17(36(32,33)26-9-11-34-12-10-26)23(27,19(29)30)18(28)25-20(31)35-22(4,5)6/h7-8,13,17H,9-12H2,1-6H3,(H,29,30)(H,25,28,31). The zero-order valence-corrected chi connectivity index (χ0v) is 23.5. The van der Waals surface area contributed by atoms with Crippen molar-refractivity contribution < 1.29 is 37.4 Å². The molecule has 36 heavy (non-hydrogen) atoms. The van der Waals surface area contributed by atoms with Crippen LogP contribution in [0.25, 0.3) is 0 Å². The van der Waals surface area contributed by atoms with Gasteiger partial charge in [-0.25, -0.2) is 18.0 Å². The summed E-state index contributed by atoms with van der Waals surface area (Å²) in [6.07, 6.45) is -1.18. The van der Waals surface area contributed by atoms with Gasteiger partial charge in [0.2, 0.25) is 15.6 Å². The van der Waals surface area contributed by atoms with Crippen LogP contribution < -0.4 is 10.2 Å². The summed E-state index contributed by atoms with van der Waals surface area (Å²) in [5.41, 5.74) is -4.37. The molecule has 0 aliphatic carbocycles. The minimum absolute atomic E-state index is 0.00106. The molecule has 13 heteroatoms. The third-order valence-electron chi connectivity index (χ3n) is 5.83. The zero-order valence-electron chi connectivity index (χ0n) is 21.1. The molecule has 0 bridgehead atoms. The molecule has 1 fully saturated rings. The number of carboxylic acid groups (broad SMARTS) is 1. The Morgan fingerprint density at radius 2 is 1.72 bits per heavy atom. The molecule has 200 valence electrons. The van der Waals surface area contributed by atoms with Gasteiger partial charge < -0.3 is 19.5 Å². The Morgan fingerprint density at radius 1 is 1.14 bits per heavy atom. The zero-order chi connectivity index (χ0) is 27.3. The van der Waals surface area contributed by atoms with Gasteiger partial charge in [0.15, 0.2) is 0 Å². The second-order valence-corrected chi connectivity index (χ2v) is 13.6. The van der Waals surface area contributed by atoms with Crippen molar-refractivity contribution in [2.45, 2.75) is 63.5 Å². The van der Waals surface area contributed by atoms with E-state index in [0.29, 0.717) is 4.47 Å². The van der Waals surface area contributed by atoms with E-state index in [-0.39, 0.29) is 37.6 Å². The summed E-state index contributed by atoms with van der Waals surface area (Å²) in [6.45, 7) is 10.0. The molecule has 2 aliphatic heterocycles. The highest BCUT2D eigenvalue weighted by molar-refractivity contribution is 9.10. The number of benzene rings is 1. The number of sulfonamides is 1. The fraction of sp³-hybridized carbons (Fsp3) is 0.609. The summed E-state index contributed by atoms with van der Waals surface area (Å²) in [7, 11) is -4.46. The van der Waals surface area contributed by atoms with Crippen LogP contribution in [0.1, 0.15) is 52.4 Å². The van der Waals surface area contributed by atoms with Crippen LogP contribution in [-0.4, -0.2) is 78.8 Å². The molecule has 2 amide bonds. The Morgan fingerprint density at radius 3 is 2.22 bits per heavy atom. The van der Waals surface area contributed by atoms with Crippen molar-refractivity contribution in [2.24, 2.45) is 0 Å². The van der Waals surface area contributed by atoms with Crippen LogP contribution in [0.15, 0.2) is 22.7 Å². The summed E-state index contributed by atoms with van der Waals surface area (Å²) >= 11 is 3.34. The van der Waals surface area contributed by atoms with Crippen molar-refractivity contribution in [3.05, 3.63) is 28.2 Å². The van der Waals surface area contributed by atoms with Crippen molar-refractivity contribution in [2.75, 3.05) is 31.2 Å². The van der Waals surface area contributed by atoms with E-state index in [1.807, 2.05) is 5.32 Å². The van der Waals surface area contributed by atoms with E-state index in [1.54, 1.807) is 53.7 Å². The molecular formula is C23H32BrN3O8S. The second kappa shape index (κ2) is 9.58. The van der Waals surface area contributed by atoms with E-state index < -0.39 is 49.9 Å². The number of nitrogens with zero attached hydrogens (tertiary/aromatic N) is 2. The molecule has 2 atom stereocenters. The van der Waals surface area contributed by atoms with E-state index in [9.17, 15) is 27.9 Å². The van der Waals surface area contributed by atoms with Crippen molar-refractivity contribution in [1.29, 1.82) is 0 Å². The number of alkyl carbamates (subject to hydrolysis) is 1. The number of anilines is 1. The minimum Gasteiger partial charge on any atom is -0.479 e. The van der Waals surface area contributed by atoms with E-state index >= 15 is 0 Å². The van der Waals surface area contributed by atoms with Gasteiger partial charge in [-0.05, 0) is 65.3 Å². The number of carbonyl (C=O) groups excluding carboxylic acids is 2.